The van der Waals surface area contributed by atoms with Crippen LogP contribution in [0.15, 0.2) is 35.2 Å². The number of ether oxygens (including phenoxy) is 1. The molecule has 6 nitrogen and oxygen atoms in total. The predicted octanol–water partition coefficient (Wildman–Crippen LogP) is 4.77. The summed E-state index contributed by atoms with van der Waals surface area (Å²) in [5.41, 5.74) is 2.55. The number of halogens is 1. The van der Waals surface area contributed by atoms with Gasteiger partial charge in [0, 0.05) is 17.7 Å². The van der Waals surface area contributed by atoms with Gasteiger partial charge >= 0.3 is 0 Å². The van der Waals surface area contributed by atoms with Crippen LogP contribution in [-0.4, -0.2) is 32.2 Å². The van der Waals surface area contributed by atoms with Crippen LogP contribution in [0.2, 0.25) is 5.02 Å². The average Bonchev–Trinajstić information content (AvgIpc) is 3.03. The van der Waals surface area contributed by atoms with E-state index in [4.69, 9.17) is 16.3 Å². The van der Waals surface area contributed by atoms with Gasteiger partial charge in [0.1, 0.15) is 5.75 Å². The van der Waals surface area contributed by atoms with Crippen molar-refractivity contribution in [3.8, 4) is 5.75 Å². The minimum absolute atomic E-state index is 0.167. The molecule has 154 valence electrons. The van der Waals surface area contributed by atoms with Crippen molar-refractivity contribution in [3.05, 3.63) is 46.5 Å². The van der Waals surface area contributed by atoms with E-state index >= 15 is 0 Å². The van der Waals surface area contributed by atoms with Gasteiger partial charge in [-0.1, -0.05) is 22.9 Å². The van der Waals surface area contributed by atoms with Crippen LogP contribution in [0.25, 0.3) is 10.2 Å². The number of rotatable bonds is 7. The maximum Gasteiger partial charge on any atom is 0.226 e. The van der Waals surface area contributed by atoms with Gasteiger partial charge in [0.2, 0.25) is 5.91 Å². The summed E-state index contributed by atoms with van der Waals surface area (Å²) in [4.78, 5) is 16.7. The fourth-order valence-corrected chi connectivity index (χ4v) is 4.54. The first-order valence-electron chi connectivity index (χ1n) is 8.93. The van der Waals surface area contributed by atoms with Crippen molar-refractivity contribution in [2.75, 3.05) is 18.2 Å². The Morgan fingerprint density at radius 1 is 1.21 bits per heavy atom. The third-order valence-electron chi connectivity index (χ3n) is 4.26. The van der Waals surface area contributed by atoms with Crippen LogP contribution in [0, 0.1) is 13.8 Å². The summed E-state index contributed by atoms with van der Waals surface area (Å²) >= 11 is 7.39. The third-order valence-corrected chi connectivity index (χ3v) is 6.90. The van der Waals surface area contributed by atoms with Crippen molar-refractivity contribution in [2.45, 2.75) is 31.6 Å². The van der Waals surface area contributed by atoms with E-state index in [9.17, 15) is 13.2 Å². The van der Waals surface area contributed by atoms with Gasteiger partial charge < -0.3 is 10.1 Å². The molecule has 1 amide bonds. The van der Waals surface area contributed by atoms with Gasteiger partial charge in [-0.3, -0.25) is 4.79 Å². The molecule has 2 aromatic carbocycles. The Labute approximate surface area is 178 Å². The van der Waals surface area contributed by atoms with Gasteiger partial charge in [-0.05, 0) is 61.7 Å². The molecular formula is C20H21ClN2O4S2. The van der Waals surface area contributed by atoms with Gasteiger partial charge in [-0.15, -0.1) is 0 Å². The lowest BCUT2D eigenvalue weighted by Crippen LogP contribution is -2.12. The normalized spacial score (nSPS) is 11.6. The van der Waals surface area contributed by atoms with Crippen molar-refractivity contribution in [1.29, 1.82) is 0 Å². The highest BCUT2D eigenvalue weighted by molar-refractivity contribution is 7.90. The second kappa shape index (κ2) is 8.69. The van der Waals surface area contributed by atoms with Gasteiger partial charge in [-0.25, -0.2) is 13.4 Å². The first kappa shape index (κ1) is 21.5. The van der Waals surface area contributed by atoms with Crippen LogP contribution in [0.5, 0.6) is 5.75 Å². The Bertz CT molecular complexity index is 1150. The number of carbonyl (C=O) groups excluding carboxylic acids is 1. The fraction of sp³-hybridized carbons (Fsp3) is 0.300. The maximum absolute atomic E-state index is 12.2. The molecule has 0 unspecified atom stereocenters. The first-order valence-corrected chi connectivity index (χ1v) is 12.0. The molecule has 3 rings (SSSR count). The second-order valence-electron chi connectivity index (χ2n) is 6.79. The summed E-state index contributed by atoms with van der Waals surface area (Å²) in [5.74, 6) is 0.567. The van der Waals surface area contributed by atoms with Crippen molar-refractivity contribution in [2.24, 2.45) is 0 Å². The molecule has 0 aliphatic rings. The maximum atomic E-state index is 12.2. The standard InChI is InChI=1S/C20H21ClN2O4S2/c1-12-9-14(10-13(2)19(12)21)27-8-4-5-18(24)23-20-22-16-7-6-15(29(3,25)26)11-17(16)28-20/h6-7,9-11H,4-5,8H2,1-3H3,(H,22,23,24). The molecule has 0 aliphatic carbocycles. The minimum atomic E-state index is -3.28. The Morgan fingerprint density at radius 2 is 1.90 bits per heavy atom. The number of anilines is 1. The Morgan fingerprint density at radius 3 is 2.55 bits per heavy atom. The molecule has 0 aliphatic heterocycles. The van der Waals surface area contributed by atoms with Crippen LogP contribution in [0.4, 0.5) is 5.13 Å². The van der Waals surface area contributed by atoms with Gasteiger partial charge in [0.05, 0.1) is 21.7 Å². The summed E-state index contributed by atoms with van der Waals surface area (Å²) in [7, 11) is -3.28. The zero-order valence-corrected chi connectivity index (χ0v) is 18.7. The highest BCUT2D eigenvalue weighted by Crippen LogP contribution is 2.28. The lowest BCUT2D eigenvalue weighted by Gasteiger charge is -2.09. The number of aryl methyl sites for hydroxylation is 2. The minimum Gasteiger partial charge on any atom is -0.494 e. The zero-order valence-electron chi connectivity index (χ0n) is 16.3. The summed E-state index contributed by atoms with van der Waals surface area (Å²) in [6, 6.07) is 8.48. The lowest BCUT2D eigenvalue weighted by atomic mass is 10.1. The van der Waals surface area contributed by atoms with E-state index in [-0.39, 0.29) is 17.2 Å². The number of nitrogens with zero attached hydrogens (tertiary/aromatic N) is 1. The molecule has 0 saturated heterocycles. The molecule has 0 radical (unpaired) electrons. The smallest absolute Gasteiger partial charge is 0.226 e. The summed E-state index contributed by atoms with van der Waals surface area (Å²) in [5, 5.41) is 3.94. The van der Waals surface area contributed by atoms with E-state index in [1.165, 1.54) is 17.4 Å². The quantitative estimate of drug-likeness (QED) is 0.522. The van der Waals surface area contributed by atoms with Gasteiger partial charge in [-0.2, -0.15) is 0 Å². The number of benzene rings is 2. The van der Waals surface area contributed by atoms with Crippen LogP contribution in [0.3, 0.4) is 0 Å². The zero-order chi connectivity index (χ0) is 21.2. The van der Waals surface area contributed by atoms with E-state index in [1.54, 1.807) is 12.1 Å². The Balaban J connectivity index is 1.53. The summed E-state index contributed by atoms with van der Waals surface area (Å²) < 4.78 is 29.7. The Kier molecular flexibility index (Phi) is 6.45. The molecule has 0 spiro atoms. The second-order valence-corrected chi connectivity index (χ2v) is 10.2. The fourth-order valence-electron chi connectivity index (χ4n) is 2.78. The molecular weight excluding hydrogens is 432 g/mol. The molecule has 1 aromatic heterocycles. The molecule has 1 N–H and O–H groups in total. The van der Waals surface area contributed by atoms with E-state index in [2.05, 4.69) is 10.3 Å². The summed E-state index contributed by atoms with van der Waals surface area (Å²) in [6.07, 6.45) is 2.00. The molecule has 29 heavy (non-hydrogen) atoms. The van der Waals surface area contributed by atoms with Gasteiger partial charge in [0.25, 0.3) is 0 Å². The topological polar surface area (TPSA) is 85.4 Å². The number of hydrogen-bond donors (Lipinski definition) is 1. The number of sulfone groups is 1. The average molecular weight is 453 g/mol. The van der Waals surface area contributed by atoms with E-state index in [0.717, 1.165) is 28.2 Å². The first-order chi connectivity index (χ1) is 13.6. The molecule has 0 fully saturated rings. The SMILES string of the molecule is Cc1cc(OCCCC(=O)Nc2nc3ccc(S(C)(=O)=O)cc3s2)cc(C)c1Cl. The Hall–Kier alpha value is -2.16. The lowest BCUT2D eigenvalue weighted by molar-refractivity contribution is -0.116. The highest BCUT2D eigenvalue weighted by atomic mass is 35.5. The van der Waals surface area contributed by atoms with E-state index < -0.39 is 9.84 Å². The molecule has 9 heteroatoms. The predicted molar refractivity (Wildman–Crippen MR) is 117 cm³/mol. The molecule has 0 saturated carbocycles. The van der Waals surface area contributed by atoms with E-state index in [1.807, 2.05) is 26.0 Å². The summed E-state index contributed by atoms with van der Waals surface area (Å²) in [6.45, 7) is 4.25. The van der Waals surface area contributed by atoms with E-state index in [0.29, 0.717) is 28.4 Å². The van der Waals surface area contributed by atoms with Crippen molar-refractivity contribution in [1.82, 2.24) is 4.98 Å². The molecule has 1 heterocycles. The highest BCUT2D eigenvalue weighted by Gasteiger charge is 2.12. The van der Waals surface area contributed by atoms with Gasteiger partial charge in [0.15, 0.2) is 15.0 Å². The largest absolute Gasteiger partial charge is 0.494 e. The van der Waals surface area contributed by atoms with Crippen LogP contribution in [0.1, 0.15) is 24.0 Å². The van der Waals surface area contributed by atoms with Crippen LogP contribution >= 0.6 is 22.9 Å². The number of nitrogens with one attached hydrogen (secondary N) is 1. The van der Waals surface area contributed by atoms with Crippen LogP contribution in [-0.2, 0) is 14.6 Å². The molecule has 3 aromatic rings. The number of thiazole rings is 1. The third kappa shape index (κ3) is 5.46. The number of amides is 1. The van der Waals surface area contributed by atoms with Crippen molar-refractivity contribution < 1.29 is 17.9 Å². The molecule has 0 bridgehead atoms. The van der Waals surface area contributed by atoms with Crippen LogP contribution < -0.4 is 10.1 Å². The molecule has 0 atom stereocenters. The van der Waals surface area contributed by atoms with Crippen molar-refractivity contribution >= 4 is 54.0 Å². The number of carbonyl (C=O) groups is 1. The number of hydrogen-bond acceptors (Lipinski definition) is 6. The van der Waals surface area contributed by atoms with Crippen molar-refractivity contribution in [3.63, 3.8) is 0 Å². The monoisotopic (exact) mass is 452 g/mol. The number of fused-ring (bicyclic) bond motifs is 1. The number of aromatic nitrogens is 1.